The molecule has 0 spiro atoms. The number of benzene rings is 1. The van der Waals surface area contributed by atoms with Crippen LogP contribution in [-0.4, -0.2) is 97.6 Å². The third-order valence-electron chi connectivity index (χ3n) is 6.78. The van der Waals surface area contributed by atoms with Crippen molar-refractivity contribution >= 4 is 33.4 Å². The highest BCUT2D eigenvalue weighted by atomic mass is 32.1. The summed E-state index contributed by atoms with van der Waals surface area (Å²) in [5, 5.41) is 26.9. The lowest BCUT2D eigenvalue weighted by Crippen LogP contribution is -2.45. The minimum absolute atomic E-state index is 0.100. The first kappa shape index (κ1) is 24.0. The van der Waals surface area contributed by atoms with Crippen LogP contribution in [0.25, 0.3) is 10.1 Å². The maximum atomic E-state index is 12.7. The molecule has 186 valence electrons. The summed E-state index contributed by atoms with van der Waals surface area (Å²) in [6.07, 6.45) is 0. The van der Waals surface area contributed by atoms with Gasteiger partial charge >= 0.3 is 11.9 Å². The highest BCUT2D eigenvalue weighted by Crippen LogP contribution is 2.43. The number of rotatable bonds is 7. The van der Waals surface area contributed by atoms with E-state index in [2.05, 4.69) is 15.1 Å². The van der Waals surface area contributed by atoms with Gasteiger partial charge < -0.3 is 25.0 Å². The molecule has 3 aliphatic rings. The van der Waals surface area contributed by atoms with Crippen molar-refractivity contribution in [2.75, 3.05) is 65.7 Å². The van der Waals surface area contributed by atoms with Gasteiger partial charge in [-0.25, -0.2) is 9.59 Å². The summed E-state index contributed by atoms with van der Waals surface area (Å²) in [5.74, 6) is -3.09. The summed E-state index contributed by atoms with van der Waals surface area (Å²) in [4.78, 5) is 29.8. The molecular weight excluding hydrogens is 470 g/mol. The number of carboxylic acids is 2. The number of nitrogens with zero attached hydrogens (tertiary/aromatic N) is 2. The third-order valence-corrected chi connectivity index (χ3v) is 7.76. The molecule has 35 heavy (non-hydrogen) atoms. The molecule has 5 rings (SSSR count). The van der Waals surface area contributed by atoms with Crippen molar-refractivity contribution in [1.29, 1.82) is 0 Å². The van der Waals surface area contributed by atoms with Gasteiger partial charge in [-0.15, -0.1) is 11.3 Å². The summed E-state index contributed by atoms with van der Waals surface area (Å²) in [5.41, 5.74) is 2.02. The maximum absolute atomic E-state index is 12.7. The van der Waals surface area contributed by atoms with Crippen molar-refractivity contribution in [1.82, 2.24) is 15.1 Å². The maximum Gasteiger partial charge on any atom is 0.334 e. The number of hydrogen-bond donors (Lipinski definition) is 3. The van der Waals surface area contributed by atoms with Gasteiger partial charge in [-0.1, -0.05) is 18.2 Å². The van der Waals surface area contributed by atoms with E-state index in [4.69, 9.17) is 9.47 Å². The van der Waals surface area contributed by atoms with E-state index in [1.165, 1.54) is 11.3 Å². The Balaban J connectivity index is 1.64. The van der Waals surface area contributed by atoms with E-state index in [-0.39, 0.29) is 11.1 Å². The highest BCUT2D eigenvalue weighted by Gasteiger charge is 2.40. The van der Waals surface area contributed by atoms with Crippen LogP contribution in [0, 0.1) is 0 Å². The van der Waals surface area contributed by atoms with Crippen molar-refractivity contribution in [3.05, 3.63) is 57.7 Å². The number of aliphatic carboxylic acids is 2. The normalized spacial score (nSPS) is 20.9. The number of ether oxygens (including phenoxy) is 2. The molecule has 0 bridgehead atoms. The molecule has 0 amide bonds. The molecule has 0 saturated carbocycles. The largest absolute Gasteiger partial charge is 0.478 e. The monoisotopic (exact) mass is 499 g/mol. The fourth-order valence-corrected chi connectivity index (χ4v) is 6.05. The zero-order valence-electron chi connectivity index (χ0n) is 19.4. The average Bonchev–Trinajstić information content (AvgIpc) is 3.28. The molecule has 3 aliphatic heterocycles. The van der Waals surface area contributed by atoms with Crippen LogP contribution in [-0.2, 0) is 19.1 Å². The Bertz CT molecular complexity index is 1120. The van der Waals surface area contributed by atoms with E-state index in [1.807, 2.05) is 29.6 Å². The minimum Gasteiger partial charge on any atom is -0.478 e. The Morgan fingerprint density at radius 3 is 1.91 bits per heavy atom. The van der Waals surface area contributed by atoms with Crippen LogP contribution in [0.15, 0.2) is 52.2 Å². The third kappa shape index (κ3) is 4.98. The molecule has 4 heterocycles. The van der Waals surface area contributed by atoms with Crippen LogP contribution in [0.4, 0.5) is 0 Å². The Labute approximate surface area is 207 Å². The fourth-order valence-electron chi connectivity index (χ4n) is 5.06. The van der Waals surface area contributed by atoms with Crippen LogP contribution in [0.1, 0.15) is 11.5 Å². The molecule has 0 atom stereocenters. The molecule has 9 nitrogen and oxygen atoms in total. The molecule has 3 N–H and O–H groups in total. The Kier molecular flexibility index (Phi) is 7.17. The lowest BCUT2D eigenvalue weighted by molar-refractivity contribution is -0.133. The van der Waals surface area contributed by atoms with Crippen LogP contribution < -0.4 is 5.32 Å². The number of dihydropyridines is 1. The zero-order valence-corrected chi connectivity index (χ0v) is 20.2. The van der Waals surface area contributed by atoms with Gasteiger partial charge in [0.15, 0.2) is 0 Å². The smallest absolute Gasteiger partial charge is 0.334 e. The lowest BCUT2D eigenvalue weighted by Gasteiger charge is -2.36. The van der Waals surface area contributed by atoms with Gasteiger partial charge in [-0.2, -0.15) is 0 Å². The zero-order chi connectivity index (χ0) is 24.4. The number of thiophene rings is 1. The van der Waals surface area contributed by atoms with Gasteiger partial charge in [0.1, 0.15) is 0 Å². The van der Waals surface area contributed by atoms with E-state index in [9.17, 15) is 19.8 Å². The van der Waals surface area contributed by atoms with Crippen LogP contribution in [0.3, 0.4) is 0 Å². The van der Waals surface area contributed by atoms with Gasteiger partial charge in [0.2, 0.25) is 0 Å². The van der Waals surface area contributed by atoms with Crippen LogP contribution in [0.2, 0.25) is 0 Å². The quantitative estimate of drug-likeness (QED) is 0.526. The van der Waals surface area contributed by atoms with Crippen molar-refractivity contribution in [3.63, 3.8) is 0 Å². The predicted octanol–water partition coefficient (Wildman–Crippen LogP) is 1.93. The average molecular weight is 500 g/mol. The van der Waals surface area contributed by atoms with Gasteiger partial charge in [-0.3, -0.25) is 9.80 Å². The van der Waals surface area contributed by atoms with Gasteiger partial charge in [0.05, 0.1) is 43.5 Å². The summed E-state index contributed by atoms with van der Waals surface area (Å²) < 4.78 is 11.9. The molecule has 0 aliphatic carbocycles. The second-order valence-corrected chi connectivity index (χ2v) is 9.83. The molecule has 2 aromatic rings. The summed E-state index contributed by atoms with van der Waals surface area (Å²) >= 11 is 1.50. The molecular formula is C25H29N3O6S. The fraction of sp³-hybridized carbons (Fsp3) is 0.440. The molecule has 1 aromatic carbocycles. The number of nitrogens with one attached hydrogen (secondary N) is 1. The second kappa shape index (κ2) is 10.5. The molecule has 2 fully saturated rings. The van der Waals surface area contributed by atoms with E-state index in [0.717, 1.165) is 15.6 Å². The minimum atomic E-state index is -1.11. The van der Waals surface area contributed by atoms with Gasteiger partial charge in [-0.05, 0) is 22.4 Å². The van der Waals surface area contributed by atoms with Gasteiger partial charge in [0.25, 0.3) is 0 Å². The van der Waals surface area contributed by atoms with Gasteiger partial charge in [0, 0.05) is 55.4 Å². The molecule has 10 heteroatoms. The number of morpholine rings is 2. The van der Waals surface area contributed by atoms with E-state index in [1.54, 1.807) is 0 Å². The predicted molar refractivity (Wildman–Crippen MR) is 132 cm³/mol. The first-order valence-electron chi connectivity index (χ1n) is 11.8. The second-order valence-electron chi connectivity index (χ2n) is 8.92. The number of fused-ring (bicyclic) bond motifs is 1. The van der Waals surface area contributed by atoms with E-state index < -0.39 is 17.9 Å². The topological polar surface area (TPSA) is 112 Å². The summed E-state index contributed by atoms with van der Waals surface area (Å²) in [6, 6.07) is 7.74. The molecule has 1 aromatic heterocycles. The molecule has 0 radical (unpaired) electrons. The Morgan fingerprint density at radius 1 is 0.886 bits per heavy atom. The molecule has 2 saturated heterocycles. The summed E-state index contributed by atoms with van der Waals surface area (Å²) in [7, 11) is 0. The van der Waals surface area contributed by atoms with Crippen molar-refractivity contribution < 1.29 is 29.3 Å². The Morgan fingerprint density at radius 2 is 1.40 bits per heavy atom. The number of hydrogen-bond acceptors (Lipinski definition) is 8. The van der Waals surface area contributed by atoms with Crippen molar-refractivity contribution in [2.24, 2.45) is 0 Å². The Hall–Kier alpha value is -2.76. The standard InChI is InChI=1S/C25H29N3O6S/c29-24(30)22-18(13-27-5-9-33-10-6-27)26-19(14-28-7-11-34-12-8-28)23(25(31)32)21(22)17-15-35-20-4-2-1-3-16(17)20/h1-4,15,21,26H,5-14H2,(H,29,30)(H,31,32). The van der Waals surface area contributed by atoms with E-state index >= 15 is 0 Å². The molecule has 0 unspecified atom stereocenters. The van der Waals surface area contributed by atoms with Crippen LogP contribution >= 0.6 is 11.3 Å². The van der Waals surface area contributed by atoms with Crippen molar-refractivity contribution in [2.45, 2.75) is 5.92 Å². The highest BCUT2D eigenvalue weighted by molar-refractivity contribution is 7.17. The first-order chi connectivity index (χ1) is 17.0. The SMILES string of the molecule is O=C(O)C1=C(CN2CCOCC2)NC(CN2CCOCC2)=C(C(=O)O)C1c1csc2ccccc12. The van der Waals surface area contributed by atoms with Crippen LogP contribution in [0.5, 0.6) is 0 Å². The summed E-state index contributed by atoms with van der Waals surface area (Å²) in [6.45, 7) is 5.91. The number of carbonyl (C=O) groups is 2. The first-order valence-corrected chi connectivity index (χ1v) is 12.7. The van der Waals surface area contributed by atoms with Crippen molar-refractivity contribution in [3.8, 4) is 0 Å². The lowest BCUT2D eigenvalue weighted by atomic mass is 9.79. The number of carboxylic acid groups (broad SMARTS) is 2. The van der Waals surface area contributed by atoms with E-state index in [0.29, 0.717) is 77.1 Å².